The number of nitrogens with two attached hydrogens (primary N) is 1. The number of rotatable bonds is 4. The molecule has 5 nitrogen and oxygen atoms in total. The Morgan fingerprint density at radius 2 is 2.10 bits per heavy atom. The average molecular weight is 309 g/mol. The first-order valence-electron chi connectivity index (χ1n) is 6.73. The van der Waals surface area contributed by atoms with Crippen LogP contribution in [0.15, 0.2) is 30.3 Å². The number of halogens is 1. The number of amides is 2. The number of carbonyl (C=O) groups is 2. The van der Waals surface area contributed by atoms with E-state index in [2.05, 4.69) is 0 Å². The number of hydrogen-bond donors (Lipinski definition) is 1. The standard InChI is InChI=1S/C15H17ClN2O3/c16-12-6-3-11(4-7-12)5-8-14(19)21-10-13-2-1-9-18(13)15(17)20/h3-8,13H,1-2,9-10H2,(H2,17,20). The summed E-state index contributed by atoms with van der Waals surface area (Å²) < 4.78 is 5.15. The molecule has 1 fully saturated rings. The summed E-state index contributed by atoms with van der Waals surface area (Å²) in [5.41, 5.74) is 6.12. The van der Waals surface area contributed by atoms with E-state index < -0.39 is 12.0 Å². The van der Waals surface area contributed by atoms with Gasteiger partial charge in [-0.3, -0.25) is 0 Å². The zero-order valence-corrected chi connectivity index (χ0v) is 12.3. The Kier molecular flexibility index (Phi) is 5.22. The first-order valence-corrected chi connectivity index (χ1v) is 7.10. The molecular weight excluding hydrogens is 292 g/mol. The molecule has 0 aliphatic carbocycles. The van der Waals surface area contributed by atoms with Gasteiger partial charge in [0.2, 0.25) is 0 Å². The van der Waals surface area contributed by atoms with Gasteiger partial charge in [0, 0.05) is 17.6 Å². The molecule has 1 atom stereocenters. The van der Waals surface area contributed by atoms with E-state index in [-0.39, 0.29) is 12.6 Å². The summed E-state index contributed by atoms with van der Waals surface area (Å²) in [6.07, 6.45) is 4.69. The van der Waals surface area contributed by atoms with E-state index in [1.54, 1.807) is 30.3 Å². The highest BCUT2D eigenvalue weighted by molar-refractivity contribution is 6.30. The number of ether oxygens (including phenoxy) is 1. The molecular formula is C15H17ClN2O3. The highest BCUT2D eigenvalue weighted by atomic mass is 35.5. The van der Waals surface area contributed by atoms with Crippen molar-refractivity contribution >= 4 is 29.7 Å². The molecule has 0 aromatic heterocycles. The molecule has 0 spiro atoms. The molecule has 0 bridgehead atoms. The molecule has 6 heteroatoms. The number of likely N-dealkylation sites (tertiary alicyclic amines) is 1. The second-order valence-electron chi connectivity index (χ2n) is 4.84. The van der Waals surface area contributed by atoms with Crippen molar-refractivity contribution in [2.45, 2.75) is 18.9 Å². The molecule has 1 aromatic carbocycles. The van der Waals surface area contributed by atoms with Crippen molar-refractivity contribution in [2.75, 3.05) is 13.2 Å². The molecule has 1 saturated heterocycles. The fourth-order valence-corrected chi connectivity index (χ4v) is 2.39. The minimum atomic E-state index is -0.467. The Labute approximate surface area is 128 Å². The highest BCUT2D eigenvalue weighted by Gasteiger charge is 2.27. The minimum Gasteiger partial charge on any atom is -0.460 e. The topological polar surface area (TPSA) is 72.6 Å². The van der Waals surface area contributed by atoms with Gasteiger partial charge in [-0.2, -0.15) is 0 Å². The van der Waals surface area contributed by atoms with Crippen molar-refractivity contribution in [1.29, 1.82) is 0 Å². The lowest BCUT2D eigenvalue weighted by atomic mass is 10.2. The Morgan fingerprint density at radius 3 is 2.76 bits per heavy atom. The van der Waals surface area contributed by atoms with E-state index in [1.807, 2.05) is 0 Å². The number of benzene rings is 1. The van der Waals surface area contributed by atoms with Gasteiger partial charge in [0.1, 0.15) is 6.61 Å². The summed E-state index contributed by atoms with van der Waals surface area (Å²) in [5.74, 6) is -0.443. The van der Waals surface area contributed by atoms with Gasteiger partial charge in [-0.05, 0) is 36.6 Å². The zero-order chi connectivity index (χ0) is 15.2. The second kappa shape index (κ2) is 7.13. The Bertz CT molecular complexity index is 542. The summed E-state index contributed by atoms with van der Waals surface area (Å²) in [6.45, 7) is 0.797. The van der Waals surface area contributed by atoms with Crippen molar-refractivity contribution in [3.05, 3.63) is 40.9 Å². The van der Waals surface area contributed by atoms with E-state index in [0.29, 0.717) is 11.6 Å². The predicted octanol–water partition coefficient (Wildman–Crippen LogP) is 2.44. The number of nitrogens with zero attached hydrogens (tertiary/aromatic N) is 1. The molecule has 1 aromatic rings. The van der Waals surface area contributed by atoms with E-state index in [9.17, 15) is 9.59 Å². The summed E-state index contributed by atoms with van der Waals surface area (Å²) >= 11 is 5.78. The molecule has 1 unspecified atom stereocenters. The fraction of sp³-hybridized carbons (Fsp3) is 0.333. The Morgan fingerprint density at radius 1 is 1.38 bits per heavy atom. The van der Waals surface area contributed by atoms with Crippen LogP contribution in [0, 0.1) is 0 Å². The quantitative estimate of drug-likeness (QED) is 0.686. The summed E-state index contributed by atoms with van der Waals surface area (Å²) in [6, 6.07) is 6.52. The third-order valence-corrected chi connectivity index (χ3v) is 3.61. The average Bonchev–Trinajstić information content (AvgIpc) is 2.93. The maximum Gasteiger partial charge on any atom is 0.330 e. The van der Waals surface area contributed by atoms with Crippen LogP contribution >= 0.6 is 11.6 Å². The lowest BCUT2D eigenvalue weighted by Crippen LogP contribution is -2.41. The predicted molar refractivity (Wildman–Crippen MR) is 80.8 cm³/mol. The third-order valence-electron chi connectivity index (χ3n) is 3.36. The van der Waals surface area contributed by atoms with Crippen molar-refractivity contribution in [3.8, 4) is 0 Å². The first-order chi connectivity index (χ1) is 10.1. The lowest BCUT2D eigenvalue weighted by Gasteiger charge is -2.21. The van der Waals surface area contributed by atoms with Crippen LogP contribution < -0.4 is 5.73 Å². The van der Waals surface area contributed by atoms with Crippen LogP contribution in [0.5, 0.6) is 0 Å². The highest BCUT2D eigenvalue weighted by Crippen LogP contribution is 2.17. The van der Waals surface area contributed by atoms with Crippen LogP contribution in [0.2, 0.25) is 5.02 Å². The summed E-state index contributed by atoms with van der Waals surface area (Å²) in [7, 11) is 0. The van der Waals surface area contributed by atoms with Gasteiger partial charge in [-0.1, -0.05) is 23.7 Å². The van der Waals surface area contributed by atoms with Crippen LogP contribution in [0.1, 0.15) is 18.4 Å². The van der Waals surface area contributed by atoms with Gasteiger partial charge in [0.25, 0.3) is 0 Å². The third kappa shape index (κ3) is 4.49. The minimum absolute atomic E-state index is 0.115. The molecule has 2 rings (SSSR count). The second-order valence-corrected chi connectivity index (χ2v) is 5.28. The van der Waals surface area contributed by atoms with Crippen molar-refractivity contribution in [1.82, 2.24) is 4.90 Å². The smallest absolute Gasteiger partial charge is 0.330 e. The molecule has 0 radical (unpaired) electrons. The van der Waals surface area contributed by atoms with Crippen LogP contribution in [-0.2, 0) is 9.53 Å². The van der Waals surface area contributed by atoms with Gasteiger partial charge in [0.05, 0.1) is 6.04 Å². The zero-order valence-electron chi connectivity index (χ0n) is 11.5. The largest absolute Gasteiger partial charge is 0.460 e. The SMILES string of the molecule is NC(=O)N1CCCC1COC(=O)C=Cc1ccc(Cl)cc1. The van der Waals surface area contributed by atoms with E-state index in [0.717, 1.165) is 18.4 Å². The Balaban J connectivity index is 1.82. The molecule has 112 valence electrons. The van der Waals surface area contributed by atoms with Gasteiger partial charge >= 0.3 is 12.0 Å². The van der Waals surface area contributed by atoms with Crippen molar-refractivity contribution < 1.29 is 14.3 Å². The number of carbonyl (C=O) groups excluding carboxylic acids is 2. The molecule has 1 aliphatic heterocycles. The fourth-order valence-electron chi connectivity index (χ4n) is 2.26. The van der Waals surface area contributed by atoms with E-state index in [4.69, 9.17) is 22.1 Å². The first kappa shape index (κ1) is 15.4. The van der Waals surface area contributed by atoms with Crippen LogP contribution in [0.4, 0.5) is 4.79 Å². The summed E-state index contributed by atoms with van der Waals surface area (Å²) in [4.78, 5) is 24.4. The van der Waals surface area contributed by atoms with E-state index >= 15 is 0 Å². The molecule has 2 N–H and O–H groups in total. The molecule has 1 heterocycles. The number of primary amides is 1. The maximum absolute atomic E-state index is 11.6. The maximum atomic E-state index is 11.6. The monoisotopic (exact) mass is 308 g/mol. The molecule has 0 saturated carbocycles. The molecule has 2 amide bonds. The van der Waals surface area contributed by atoms with Gasteiger partial charge < -0.3 is 15.4 Å². The van der Waals surface area contributed by atoms with Gasteiger partial charge in [0.15, 0.2) is 0 Å². The van der Waals surface area contributed by atoms with Crippen LogP contribution in [0.25, 0.3) is 6.08 Å². The van der Waals surface area contributed by atoms with Crippen LogP contribution in [0.3, 0.4) is 0 Å². The summed E-state index contributed by atoms with van der Waals surface area (Å²) in [5, 5.41) is 0.641. The lowest BCUT2D eigenvalue weighted by molar-refractivity contribution is -0.138. The number of esters is 1. The van der Waals surface area contributed by atoms with Crippen LogP contribution in [-0.4, -0.2) is 36.1 Å². The Hall–Kier alpha value is -2.01. The van der Waals surface area contributed by atoms with Crippen molar-refractivity contribution in [2.24, 2.45) is 5.73 Å². The van der Waals surface area contributed by atoms with Crippen molar-refractivity contribution in [3.63, 3.8) is 0 Å². The number of urea groups is 1. The molecule has 1 aliphatic rings. The number of hydrogen-bond acceptors (Lipinski definition) is 3. The molecule has 21 heavy (non-hydrogen) atoms. The van der Waals surface area contributed by atoms with E-state index in [1.165, 1.54) is 11.0 Å². The normalized spacial score (nSPS) is 18.1. The van der Waals surface area contributed by atoms with Gasteiger partial charge in [-0.15, -0.1) is 0 Å². The van der Waals surface area contributed by atoms with Gasteiger partial charge in [-0.25, -0.2) is 9.59 Å².